The standard InChI is InChI=1S/C42H29NO2/c1-5-13-37-26(4)35-25-41-36(32-15-9-8-14-31(32)29(6-2)39(7-3)44-41)24-38(35)43(37)28-22-20-27(21-23-28)30-17-12-18-34-33-16-10-11-19-40(33)45-42(30)34/h5-25H,1-4H2/b37-13+. The molecule has 1 aliphatic heterocycles. The first-order valence-electron chi connectivity index (χ1n) is 14.9. The summed E-state index contributed by atoms with van der Waals surface area (Å²) in [6.45, 7) is 16.6. The fourth-order valence-electron chi connectivity index (χ4n) is 6.64. The minimum absolute atomic E-state index is 0.675. The highest BCUT2D eigenvalue weighted by Crippen LogP contribution is 2.43. The third kappa shape index (κ3) is 3.98. The fourth-order valence-corrected chi connectivity index (χ4v) is 6.64. The van der Waals surface area contributed by atoms with E-state index >= 15 is 0 Å². The van der Waals surface area contributed by atoms with Gasteiger partial charge in [0.2, 0.25) is 0 Å². The molecule has 3 nitrogen and oxygen atoms in total. The number of hydrogen-bond donors (Lipinski definition) is 0. The van der Waals surface area contributed by atoms with Crippen molar-refractivity contribution in [2.24, 2.45) is 0 Å². The van der Waals surface area contributed by atoms with Gasteiger partial charge in [0, 0.05) is 43.8 Å². The highest BCUT2D eigenvalue weighted by atomic mass is 16.5. The molecule has 0 saturated carbocycles. The number of benzene rings is 5. The van der Waals surface area contributed by atoms with Crippen LogP contribution in [0.4, 0.5) is 0 Å². The summed E-state index contributed by atoms with van der Waals surface area (Å²) in [5, 5.41) is 5.11. The first-order valence-corrected chi connectivity index (χ1v) is 14.9. The summed E-state index contributed by atoms with van der Waals surface area (Å²) >= 11 is 0. The summed E-state index contributed by atoms with van der Waals surface area (Å²) < 4.78 is 15.1. The van der Waals surface area contributed by atoms with Gasteiger partial charge in [-0.3, -0.25) is 0 Å². The molecule has 5 aromatic carbocycles. The molecule has 2 aromatic heterocycles. The van der Waals surface area contributed by atoms with Gasteiger partial charge in [-0.05, 0) is 59.2 Å². The molecule has 0 radical (unpaired) electrons. The van der Waals surface area contributed by atoms with Gasteiger partial charge in [-0.15, -0.1) is 0 Å². The van der Waals surface area contributed by atoms with Crippen molar-refractivity contribution in [1.82, 2.24) is 4.57 Å². The van der Waals surface area contributed by atoms with Crippen LogP contribution in [0.5, 0.6) is 5.75 Å². The van der Waals surface area contributed by atoms with Crippen molar-refractivity contribution in [3.63, 3.8) is 0 Å². The van der Waals surface area contributed by atoms with Gasteiger partial charge in [-0.25, -0.2) is 0 Å². The van der Waals surface area contributed by atoms with Crippen molar-refractivity contribution >= 4 is 51.1 Å². The number of ether oxygens (including phenoxy) is 1. The maximum absolute atomic E-state index is 6.51. The fraction of sp³-hybridized carbons (Fsp3) is 0. The average molecular weight is 580 g/mol. The van der Waals surface area contributed by atoms with Gasteiger partial charge in [0.1, 0.15) is 22.7 Å². The number of nitrogens with zero attached hydrogens (tertiary/aromatic N) is 1. The third-order valence-corrected chi connectivity index (χ3v) is 8.71. The van der Waals surface area contributed by atoms with E-state index in [1.807, 2.05) is 42.5 Å². The van der Waals surface area contributed by atoms with Crippen molar-refractivity contribution in [2.75, 3.05) is 0 Å². The molecular weight excluding hydrogens is 550 g/mol. The summed E-state index contributed by atoms with van der Waals surface area (Å²) in [4.78, 5) is 0. The molecule has 7 aromatic rings. The molecule has 0 spiro atoms. The normalized spacial score (nSPS) is 13.0. The second-order valence-corrected chi connectivity index (χ2v) is 11.1. The van der Waals surface area contributed by atoms with E-state index in [0.29, 0.717) is 5.76 Å². The third-order valence-electron chi connectivity index (χ3n) is 8.71. The largest absolute Gasteiger partial charge is 0.456 e. The lowest BCUT2D eigenvalue weighted by atomic mass is 9.93. The van der Waals surface area contributed by atoms with Gasteiger partial charge in [0.05, 0.1) is 10.9 Å². The molecular formula is C42H29NO2. The lowest BCUT2D eigenvalue weighted by Crippen LogP contribution is -2.26. The Labute approximate surface area is 260 Å². The summed E-state index contributed by atoms with van der Waals surface area (Å²) in [5.41, 5.74) is 10.0. The van der Waals surface area contributed by atoms with Crippen LogP contribution in [0.15, 0.2) is 151 Å². The average Bonchev–Trinajstić information content (AvgIpc) is 3.54. The Hall–Kier alpha value is -6.06. The molecule has 0 fully saturated rings. The van der Waals surface area contributed by atoms with Crippen molar-refractivity contribution in [1.29, 1.82) is 0 Å². The summed E-state index contributed by atoms with van der Waals surface area (Å²) in [7, 11) is 0. The number of hydrogen-bond acceptors (Lipinski definition) is 2. The minimum atomic E-state index is 0.675. The summed E-state index contributed by atoms with van der Waals surface area (Å²) in [6, 6.07) is 35.7. The molecule has 3 heterocycles. The zero-order valence-corrected chi connectivity index (χ0v) is 24.7. The van der Waals surface area contributed by atoms with Crippen LogP contribution in [0.1, 0.15) is 5.56 Å². The topological polar surface area (TPSA) is 27.3 Å². The Kier molecular flexibility index (Phi) is 6.07. The van der Waals surface area contributed by atoms with E-state index in [1.54, 1.807) is 6.08 Å². The Morgan fingerprint density at radius 3 is 2.16 bits per heavy atom. The van der Waals surface area contributed by atoms with E-state index in [-0.39, 0.29) is 0 Å². The van der Waals surface area contributed by atoms with Crippen LogP contribution >= 0.6 is 0 Å². The predicted molar refractivity (Wildman–Crippen MR) is 189 cm³/mol. The quantitative estimate of drug-likeness (QED) is 0.203. The zero-order valence-electron chi connectivity index (χ0n) is 24.7. The van der Waals surface area contributed by atoms with E-state index in [1.165, 1.54) is 0 Å². The molecule has 3 heteroatoms. The first-order chi connectivity index (χ1) is 22.1. The number of allylic oxidation sites excluding steroid dienone is 4. The van der Waals surface area contributed by atoms with E-state index in [9.17, 15) is 0 Å². The molecule has 0 amide bonds. The van der Waals surface area contributed by atoms with Gasteiger partial charge in [-0.2, -0.15) is 0 Å². The Balaban J connectivity index is 1.34. The van der Waals surface area contributed by atoms with Crippen molar-refractivity contribution < 1.29 is 9.15 Å². The minimum Gasteiger partial charge on any atom is -0.456 e. The van der Waals surface area contributed by atoms with Crippen LogP contribution in [0, 0.1) is 0 Å². The Morgan fingerprint density at radius 1 is 0.644 bits per heavy atom. The number of para-hydroxylation sites is 2. The molecule has 0 N–H and O–H groups in total. The van der Waals surface area contributed by atoms with Crippen LogP contribution in [-0.2, 0) is 0 Å². The molecule has 0 atom stereocenters. The molecule has 8 rings (SSSR count). The Morgan fingerprint density at radius 2 is 1.38 bits per heavy atom. The molecule has 45 heavy (non-hydrogen) atoms. The number of fused-ring (bicyclic) bond motifs is 7. The van der Waals surface area contributed by atoms with E-state index in [2.05, 4.69) is 110 Å². The van der Waals surface area contributed by atoms with E-state index in [0.717, 1.165) is 88.2 Å². The molecule has 1 aliphatic rings. The predicted octanol–water partition coefficient (Wildman–Crippen LogP) is 9.72. The Bertz CT molecular complexity index is 2520. The highest BCUT2D eigenvalue weighted by Gasteiger charge is 2.23. The monoisotopic (exact) mass is 579 g/mol. The molecule has 0 unspecified atom stereocenters. The van der Waals surface area contributed by atoms with Gasteiger partial charge in [0.25, 0.3) is 0 Å². The molecule has 214 valence electrons. The highest BCUT2D eigenvalue weighted by molar-refractivity contribution is 6.09. The van der Waals surface area contributed by atoms with Crippen LogP contribution in [-0.4, -0.2) is 4.57 Å². The molecule has 0 aliphatic carbocycles. The van der Waals surface area contributed by atoms with Gasteiger partial charge < -0.3 is 13.7 Å². The van der Waals surface area contributed by atoms with Crippen molar-refractivity contribution in [3.8, 4) is 33.7 Å². The van der Waals surface area contributed by atoms with Crippen molar-refractivity contribution in [3.05, 3.63) is 163 Å². The lowest BCUT2D eigenvalue weighted by molar-refractivity contribution is 0.451. The second kappa shape index (κ2) is 10.3. The number of rotatable bonds is 5. The van der Waals surface area contributed by atoms with Gasteiger partial charge in [-0.1, -0.05) is 111 Å². The van der Waals surface area contributed by atoms with Crippen LogP contribution in [0.3, 0.4) is 0 Å². The van der Waals surface area contributed by atoms with Crippen LogP contribution < -0.4 is 15.3 Å². The smallest absolute Gasteiger partial charge is 0.143 e. The number of furan rings is 1. The summed E-state index contributed by atoms with van der Waals surface area (Å²) in [5.74, 6) is 1.43. The maximum Gasteiger partial charge on any atom is 0.143 e. The zero-order chi connectivity index (χ0) is 30.7. The van der Waals surface area contributed by atoms with Crippen molar-refractivity contribution in [2.45, 2.75) is 0 Å². The molecule has 0 bridgehead atoms. The SMILES string of the molecule is C=C/C=c1\c(=C)c2cc3c(cc2n1-c1ccc(-c2cccc4c2oc2ccccc24)cc1)-c1ccccc1C(C=C)=C(C=C)O3. The van der Waals surface area contributed by atoms with E-state index in [4.69, 9.17) is 9.15 Å². The first kappa shape index (κ1) is 26.6. The summed E-state index contributed by atoms with van der Waals surface area (Å²) in [6.07, 6.45) is 7.39. The van der Waals surface area contributed by atoms with Crippen LogP contribution in [0.25, 0.3) is 79.0 Å². The maximum atomic E-state index is 6.51. The van der Waals surface area contributed by atoms with Gasteiger partial charge >= 0.3 is 0 Å². The van der Waals surface area contributed by atoms with E-state index < -0.39 is 0 Å². The molecule has 0 saturated heterocycles. The second-order valence-electron chi connectivity index (χ2n) is 11.1. The number of aromatic nitrogens is 1. The van der Waals surface area contributed by atoms with Gasteiger partial charge in [0.15, 0.2) is 0 Å². The lowest BCUT2D eigenvalue weighted by Gasteiger charge is -2.13. The van der Waals surface area contributed by atoms with Crippen LogP contribution in [0.2, 0.25) is 0 Å².